The number of carbonyl (C=O) groups excluding carboxylic acids is 1. The number of aryl methyl sites for hydroxylation is 2. The van der Waals surface area contributed by atoms with E-state index in [0.29, 0.717) is 13.0 Å². The van der Waals surface area contributed by atoms with Gasteiger partial charge in [-0.25, -0.2) is 0 Å². The van der Waals surface area contributed by atoms with E-state index in [9.17, 15) is 4.79 Å². The van der Waals surface area contributed by atoms with Gasteiger partial charge in [-0.3, -0.25) is 4.79 Å². The van der Waals surface area contributed by atoms with Crippen LogP contribution in [0.1, 0.15) is 12.0 Å². The second-order valence-electron chi connectivity index (χ2n) is 6.09. The SMILES string of the molecule is Cc1cccc2c1ccn2CCC(=O)Nc1ccc2cc[nH]c2c1. The zero-order chi connectivity index (χ0) is 16.5. The number of H-pyrrole nitrogens is 1. The van der Waals surface area contributed by atoms with Crippen molar-refractivity contribution in [2.24, 2.45) is 0 Å². The highest BCUT2D eigenvalue weighted by Gasteiger charge is 2.07. The van der Waals surface area contributed by atoms with Gasteiger partial charge < -0.3 is 14.9 Å². The highest BCUT2D eigenvalue weighted by molar-refractivity contribution is 5.93. The van der Waals surface area contributed by atoms with Gasteiger partial charge in [0.2, 0.25) is 5.91 Å². The Balaban J connectivity index is 1.45. The number of rotatable bonds is 4. The Bertz CT molecular complexity index is 1030. The van der Waals surface area contributed by atoms with Gasteiger partial charge in [-0.2, -0.15) is 0 Å². The van der Waals surface area contributed by atoms with Gasteiger partial charge in [-0.15, -0.1) is 0 Å². The summed E-state index contributed by atoms with van der Waals surface area (Å²) in [5.41, 5.74) is 4.29. The monoisotopic (exact) mass is 317 g/mol. The number of benzene rings is 2. The molecule has 0 spiro atoms. The van der Waals surface area contributed by atoms with Gasteiger partial charge in [-0.05, 0) is 48.2 Å². The summed E-state index contributed by atoms with van der Waals surface area (Å²) in [6, 6.07) is 16.3. The molecule has 2 aromatic carbocycles. The molecule has 0 aliphatic rings. The third-order valence-electron chi connectivity index (χ3n) is 4.45. The molecule has 4 heteroatoms. The maximum absolute atomic E-state index is 12.3. The largest absolute Gasteiger partial charge is 0.361 e. The van der Waals surface area contributed by atoms with E-state index in [2.05, 4.69) is 52.3 Å². The molecular weight excluding hydrogens is 298 g/mol. The van der Waals surface area contributed by atoms with Gasteiger partial charge in [0, 0.05) is 47.5 Å². The molecule has 0 aliphatic heterocycles. The number of hydrogen-bond acceptors (Lipinski definition) is 1. The van der Waals surface area contributed by atoms with Crippen molar-refractivity contribution in [3.8, 4) is 0 Å². The Labute approximate surface area is 140 Å². The first-order valence-corrected chi connectivity index (χ1v) is 8.12. The summed E-state index contributed by atoms with van der Waals surface area (Å²) in [6.45, 7) is 2.78. The Kier molecular flexibility index (Phi) is 3.58. The minimum atomic E-state index is 0.0235. The molecule has 1 amide bonds. The third-order valence-corrected chi connectivity index (χ3v) is 4.45. The second kappa shape index (κ2) is 5.89. The maximum atomic E-state index is 12.3. The van der Waals surface area contributed by atoms with Crippen LogP contribution in [-0.2, 0) is 11.3 Å². The van der Waals surface area contributed by atoms with Gasteiger partial charge in [0.1, 0.15) is 0 Å². The topological polar surface area (TPSA) is 49.8 Å². The Hall–Kier alpha value is -3.01. The van der Waals surface area contributed by atoms with Crippen molar-refractivity contribution in [2.45, 2.75) is 19.9 Å². The fraction of sp³-hybridized carbons (Fsp3) is 0.150. The van der Waals surface area contributed by atoms with Crippen molar-refractivity contribution in [1.29, 1.82) is 0 Å². The van der Waals surface area contributed by atoms with E-state index in [1.54, 1.807) is 0 Å². The molecule has 2 heterocycles. The number of aromatic nitrogens is 2. The van der Waals surface area contributed by atoms with E-state index in [-0.39, 0.29) is 5.91 Å². The van der Waals surface area contributed by atoms with Crippen molar-refractivity contribution in [2.75, 3.05) is 5.32 Å². The molecule has 4 nitrogen and oxygen atoms in total. The highest BCUT2D eigenvalue weighted by Crippen LogP contribution is 2.20. The first kappa shape index (κ1) is 14.6. The molecule has 0 unspecified atom stereocenters. The quantitative estimate of drug-likeness (QED) is 0.573. The molecule has 0 fully saturated rings. The van der Waals surface area contributed by atoms with Crippen LogP contribution in [0.5, 0.6) is 0 Å². The van der Waals surface area contributed by atoms with Crippen LogP contribution >= 0.6 is 0 Å². The summed E-state index contributed by atoms with van der Waals surface area (Å²) in [5.74, 6) is 0.0235. The van der Waals surface area contributed by atoms with Gasteiger partial charge in [0.05, 0.1) is 0 Å². The molecule has 0 saturated carbocycles. The van der Waals surface area contributed by atoms with Crippen LogP contribution in [0.3, 0.4) is 0 Å². The lowest BCUT2D eigenvalue weighted by molar-refractivity contribution is -0.116. The number of hydrogen-bond donors (Lipinski definition) is 2. The lowest BCUT2D eigenvalue weighted by Gasteiger charge is -2.08. The first-order chi connectivity index (χ1) is 11.7. The summed E-state index contributed by atoms with van der Waals surface area (Å²) in [6.07, 6.45) is 4.39. The van der Waals surface area contributed by atoms with E-state index in [1.165, 1.54) is 16.5 Å². The maximum Gasteiger partial charge on any atom is 0.226 e. The Morgan fingerprint density at radius 2 is 2.08 bits per heavy atom. The van der Waals surface area contributed by atoms with Crippen LogP contribution in [-0.4, -0.2) is 15.5 Å². The van der Waals surface area contributed by atoms with Crippen LogP contribution in [0.2, 0.25) is 0 Å². The standard InChI is InChI=1S/C20H19N3O/c1-14-3-2-4-19-17(14)8-11-23(19)12-9-20(24)22-16-6-5-15-7-10-21-18(15)13-16/h2-8,10-11,13,21H,9,12H2,1H3,(H,22,24). The highest BCUT2D eigenvalue weighted by atomic mass is 16.1. The average Bonchev–Trinajstić information content (AvgIpc) is 3.20. The predicted octanol–water partition coefficient (Wildman–Crippen LogP) is 4.46. The second-order valence-corrected chi connectivity index (χ2v) is 6.09. The summed E-state index contributed by atoms with van der Waals surface area (Å²) in [5, 5.41) is 5.36. The fourth-order valence-corrected chi connectivity index (χ4v) is 3.14. The molecule has 24 heavy (non-hydrogen) atoms. The van der Waals surface area contributed by atoms with E-state index in [4.69, 9.17) is 0 Å². The van der Waals surface area contributed by atoms with Crippen molar-refractivity contribution in [3.63, 3.8) is 0 Å². The van der Waals surface area contributed by atoms with Crippen molar-refractivity contribution < 1.29 is 4.79 Å². The van der Waals surface area contributed by atoms with Crippen molar-refractivity contribution in [3.05, 3.63) is 66.5 Å². The van der Waals surface area contributed by atoms with Crippen LogP contribution in [0.4, 0.5) is 5.69 Å². The smallest absolute Gasteiger partial charge is 0.226 e. The number of nitrogens with zero attached hydrogens (tertiary/aromatic N) is 1. The number of anilines is 1. The fourth-order valence-electron chi connectivity index (χ4n) is 3.14. The van der Waals surface area contributed by atoms with Crippen LogP contribution in [0.15, 0.2) is 60.9 Å². The molecule has 120 valence electrons. The molecule has 2 aromatic heterocycles. The van der Waals surface area contributed by atoms with Gasteiger partial charge in [-0.1, -0.05) is 18.2 Å². The third kappa shape index (κ3) is 2.67. The average molecular weight is 317 g/mol. The van der Waals surface area contributed by atoms with Gasteiger partial charge in [0.15, 0.2) is 0 Å². The van der Waals surface area contributed by atoms with Crippen LogP contribution in [0, 0.1) is 6.92 Å². The van der Waals surface area contributed by atoms with Gasteiger partial charge in [0.25, 0.3) is 0 Å². The zero-order valence-electron chi connectivity index (χ0n) is 13.5. The molecule has 0 bridgehead atoms. The van der Waals surface area contributed by atoms with E-state index < -0.39 is 0 Å². The first-order valence-electron chi connectivity index (χ1n) is 8.12. The molecule has 0 saturated heterocycles. The molecule has 0 radical (unpaired) electrons. The van der Waals surface area contributed by atoms with E-state index in [1.807, 2.05) is 30.5 Å². The minimum absolute atomic E-state index is 0.0235. The van der Waals surface area contributed by atoms with E-state index in [0.717, 1.165) is 16.6 Å². The molecule has 0 aliphatic carbocycles. The molecule has 4 rings (SSSR count). The summed E-state index contributed by atoms with van der Waals surface area (Å²) < 4.78 is 2.14. The molecule has 4 aromatic rings. The Morgan fingerprint density at radius 3 is 3.00 bits per heavy atom. The van der Waals surface area contributed by atoms with Gasteiger partial charge >= 0.3 is 0 Å². The molecule has 2 N–H and O–H groups in total. The summed E-state index contributed by atoms with van der Waals surface area (Å²) in [7, 11) is 0. The molecular formula is C20H19N3O. The number of amides is 1. The lowest BCUT2D eigenvalue weighted by Crippen LogP contribution is -2.14. The molecule has 0 atom stereocenters. The van der Waals surface area contributed by atoms with E-state index >= 15 is 0 Å². The normalized spacial score (nSPS) is 11.2. The number of aromatic amines is 1. The number of nitrogens with one attached hydrogen (secondary N) is 2. The lowest BCUT2D eigenvalue weighted by atomic mass is 10.1. The zero-order valence-corrected chi connectivity index (χ0v) is 13.5. The minimum Gasteiger partial charge on any atom is -0.361 e. The van der Waals surface area contributed by atoms with Crippen LogP contribution < -0.4 is 5.32 Å². The number of carbonyl (C=O) groups is 1. The summed E-state index contributed by atoms with van der Waals surface area (Å²) >= 11 is 0. The Morgan fingerprint density at radius 1 is 1.17 bits per heavy atom. The van der Waals surface area contributed by atoms with Crippen molar-refractivity contribution >= 4 is 33.4 Å². The van der Waals surface area contributed by atoms with Crippen LogP contribution in [0.25, 0.3) is 21.8 Å². The predicted molar refractivity (Wildman–Crippen MR) is 98.2 cm³/mol. The summed E-state index contributed by atoms with van der Waals surface area (Å²) in [4.78, 5) is 15.4. The number of fused-ring (bicyclic) bond motifs is 2. The van der Waals surface area contributed by atoms with Crippen molar-refractivity contribution in [1.82, 2.24) is 9.55 Å².